The predicted molar refractivity (Wildman–Crippen MR) is 74.0 cm³/mol. The Morgan fingerprint density at radius 1 is 1.63 bits per heavy atom. The average molecular weight is 264 g/mol. The van der Waals surface area contributed by atoms with Crippen molar-refractivity contribution in [3.8, 4) is 0 Å². The number of nitrogens with zero attached hydrogens (tertiary/aromatic N) is 2. The van der Waals surface area contributed by atoms with Crippen molar-refractivity contribution in [3.05, 3.63) is 17.5 Å². The van der Waals surface area contributed by atoms with Crippen LogP contribution in [0.15, 0.2) is 6.07 Å². The first-order valence-electron chi connectivity index (χ1n) is 7.20. The Labute approximate surface area is 114 Å². The normalized spacial score (nSPS) is 27.4. The molecule has 0 aliphatic heterocycles. The van der Waals surface area contributed by atoms with Gasteiger partial charge in [-0.25, -0.2) is 0 Å². The van der Waals surface area contributed by atoms with Crippen LogP contribution in [0, 0.1) is 18.3 Å². The summed E-state index contributed by atoms with van der Waals surface area (Å²) in [5.41, 5.74) is 1.41. The largest absolute Gasteiger partial charge is 0.481 e. The second-order valence-corrected chi connectivity index (χ2v) is 6.03. The first kappa shape index (κ1) is 14.1. The van der Waals surface area contributed by atoms with Gasteiger partial charge in [0.2, 0.25) is 0 Å². The van der Waals surface area contributed by atoms with Crippen molar-refractivity contribution in [3.63, 3.8) is 0 Å². The van der Waals surface area contributed by atoms with Crippen LogP contribution in [0.25, 0.3) is 0 Å². The smallest absolute Gasteiger partial charge is 0.310 e. The van der Waals surface area contributed by atoms with Crippen molar-refractivity contribution >= 4 is 5.97 Å². The van der Waals surface area contributed by atoms with Crippen molar-refractivity contribution in [1.82, 2.24) is 9.78 Å². The summed E-state index contributed by atoms with van der Waals surface area (Å²) >= 11 is 0. The van der Waals surface area contributed by atoms with Gasteiger partial charge in [-0.2, -0.15) is 5.10 Å². The van der Waals surface area contributed by atoms with E-state index in [0.29, 0.717) is 12.3 Å². The van der Waals surface area contributed by atoms with Crippen molar-refractivity contribution in [1.29, 1.82) is 0 Å². The Morgan fingerprint density at radius 2 is 2.37 bits per heavy atom. The highest BCUT2D eigenvalue weighted by Gasteiger charge is 2.43. The SMILES string of the molecule is CCC1CCCC(Cc2cc(C)nn2C)(C(=O)O)C1. The monoisotopic (exact) mass is 264 g/mol. The molecule has 0 bridgehead atoms. The lowest BCUT2D eigenvalue weighted by atomic mass is 9.66. The van der Waals surface area contributed by atoms with E-state index in [-0.39, 0.29) is 0 Å². The zero-order chi connectivity index (χ0) is 14.0. The fraction of sp³-hybridized carbons (Fsp3) is 0.733. The molecule has 2 unspecified atom stereocenters. The van der Waals surface area contributed by atoms with E-state index in [4.69, 9.17) is 0 Å². The van der Waals surface area contributed by atoms with E-state index in [1.807, 2.05) is 24.7 Å². The first-order chi connectivity index (χ1) is 8.97. The minimum atomic E-state index is -0.635. The maximum absolute atomic E-state index is 11.8. The Morgan fingerprint density at radius 3 is 2.89 bits per heavy atom. The van der Waals surface area contributed by atoms with Gasteiger partial charge in [-0.1, -0.05) is 26.2 Å². The molecule has 1 aliphatic carbocycles. The number of rotatable bonds is 4. The van der Waals surface area contributed by atoms with Crippen LogP contribution < -0.4 is 0 Å². The molecule has 2 rings (SSSR count). The van der Waals surface area contributed by atoms with Crippen molar-refractivity contribution < 1.29 is 9.90 Å². The molecule has 0 amide bonds. The van der Waals surface area contributed by atoms with Gasteiger partial charge in [0.1, 0.15) is 0 Å². The van der Waals surface area contributed by atoms with Crippen LogP contribution in [-0.4, -0.2) is 20.9 Å². The highest BCUT2D eigenvalue weighted by Crippen LogP contribution is 2.43. The van der Waals surface area contributed by atoms with Gasteiger partial charge >= 0.3 is 5.97 Å². The molecule has 1 N–H and O–H groups in total. The zero-order valence-corrected chi connectivity index (χ0v) is 12.1. The third-order valence-corrected chi connectivity index (χ3v) is 4.60. The average Bonchev–Trinajstić information content (AvgIpc) is 2.67. The standard InChI is InChI=1S/C15H24N2O2/c1-4-12-6-5-7-15(9-12,14(18)19)10-13-8-11(2)16-17(13)3/h8,12H,4-7,9-10H2,1-3H3,(H,18,19). The molecule has 2 atom stereocenters. The summed E-state index contributed by atoms with van der Waals surface area (Å²) < 4.78 is 1.83. The summed E-state index contributed by atoms with van der Waals surface area (Å²) in [5.74, 6) is -0.0799. The Hall–Kier alpha value is -1.32. The number of hydrogen-bond donors (Lipinski definition) is 1. The summed E-state index contributed by atoms with van der Waals surface area (Å²) in [6, 6.07) is 2.01. The summed E-state index contributed by atoms with van der Waals surface area (Å²) in [7, 11) is 1.90. The van der Waals surface area contributed by atoms with Crippen LogP contribution in [0.2, 0.25) is 0 Å². The van der Waals surface area contributed by atoms with E-state index >= 15 is 0 Å². The van der Waals surface area contributed by atoms with Crippen LogP contribution in [0.4, 0.5) is 0 Å². The van der Waals surface area contributed by atoms with E-state index in [2.05, 4.69) is 12.0 Å². The minimum Gasteiger partial charge on any atom is -0.481 e. The molecule has 1 heterocycles. The van der Waals surface area contributed by atoms with Crippen molar-refractivity contribution in [2.24, 2.45) is 18.4 Å². The molecule has 1 aromatic rings. The van der Waals surface area contributed by atoms with E-state index in [9.17, 15) is 9.90 Å². The molecule has 19 heavy (non-hydrogen) atoms. The Balaban J connectivity index is 2.25. The van der Waals surface area contributed by atoms with Crippen LogP contribution in [0.3, 0.4) is 0 Å². The molecule has 4 heteroatoms. The van der Waals surface area contributed by atoms with Gasteiger partial charge in [-0.15, -0.1) is 0 Å². The van der Waals surface area contributed by atoms with Gasteiger partial charge in [0.05, 0.1) is 11.1 Å². The van der Waals surface area contributed by atoms with Gasteiger partial charge < -0.3 is 5.11 Å². The third kappa shape index (κ3) is 2.82. The van der Waals surface area contributed by atoms with Gasteiger partial charge in [0.15, 0.2) is 0 Å². The predicted octanol–water partition coefficient (Wildman–Crippen LogP) is 2.94. The quantitative estimate of drug-likeness (QED) is 0.909. The van der Waals surface area contributed by atoms with Crippen molar-refractivity contribution in [2.75, 3.05) is 0 Å². The summed E-state index contributed by atoms with van der Waals surface area (Å²) in [5, 5.41) is 14.1. The number of aryl methyl sites for hydroxylation is 2. The Bertz CT molecular complexity index is 467. The van der Waals surface area contributed by atoms with Gasteiger partial charge in [0.25, 0.3) is 0 Å². The number of carbonyl (C=O) groups is 1. The van der Waals surface area contributed by atoms with E-state index in [1.165, 1.54) is 6.42 Å². The van der Waals surface area contributed by atoms with Gasteiger partial charge in [-0.05, 0) is 31.7 Å². The highest BCUT2D eigenvalue weighted by atomic mass is 16.4. The molecule has 0 radical (unpaired) electrons. The van der Waals surface area contributed by atoms with Gasteiger partial charge in [-0.3, -0.25) is 9.48 Å². The topological polar surface area (TPSA) is 55.1 Å². The molecule has 1 aromatic heterocycles. The second kappa shape index (κ2) is 5.35. The van der Waals surface area contributed by atoms with Crippen LogP contribution in [0.1, 0.15) is 50.4 Å². The fourth-order valence-corrected chi connectivity index (χ4v) is 3.44. The van der Waals surface area contributed by atoms with Crippen LogP contribution >= 0.6 is 0 Å². The first-order valence-corrected chi connectivity index (χ1v) is 7.20. The summed E-state index contributed by atoms with van der Waals surface area (Å²) in [4.78, 5) is 11.8. The highest BCUT2D eigenvalue weighted by molar-refractivity contribution is 5.75. The van der Waals surface area contributed by atoms with E-state index in [0.717, 1.165) is 37.1 Å². The zero-order valence-electron chi connectivity index (χ0n) is 12.1. The number of aliphatic carboxylic acids is 1. The van der Waals surface area contributed by atoms with E-state index in [1.54, 1.807) is 0 Å². The number of hydrogen-bond acceptors (Lipinski definition) is 2. The van der Waals surface area contributed by atoms with E-state index < -0.39 is 11.4 Å². The number of carboxylic acids is 1. The molecule has 4 nitrogen and oxygen atoms in total. The third-order valence-electron chi connectivity index (χ3n) is 4.60. The van der Waals surface area contributed by atoms with Crippen molar-refractivity contribution in [2.45, 2.75) is 52.4 Å². The summed E-state index contributed by atoms with van der Waals surface area (Å²) in [6.07, 6.45) is 5.50. The van der Waals surface area contributed by atoms with Gasteiger partial charge in [0, 0.05) is 19.2 Å². The maximum Gasteiger partial charge on any atom is 0.310 e. The molecule has 0 saturated heterocycles. The summed E-state index contributed by atoms with van der Waals surface area (Å²) in [6.45, 7) is 4.11. The van der Waals surface area contributed by atoms with Crippen LogP contribution in [0.5, 0.6) is 0 Å². The lowest BCUT2D eigenvalue weighted by molar-refractivity contribution is -0.152. The lowest BCUT2D eigenvalue weighted by Crippen LogP contribution is -2.38. The molecule has 1 aliphatic rings. The fourth-order valence-electron chi connectivity index (χ4n) is 3.44. The molecule has 0 spiro atoms. The molecule has 1 fully saturated rings. The number of aromatic nitrogens is 2. The second-order valence-electron chi connectivity index (χ2n) is 6.03. The molecule has 106 valence electrons. The van der Waals surface area contributed by atoms with Crippen LogP contribution in [-0.2, 0) is 18.3 Å². The minimum absolute atomic E-state index is 0.555. The molecular formula is C15H24N2O2. The Kier molecular flexibility index (Phi) is 3.97. The molecular weight excluding hydrogens is 240 g/mol. The number of carboxylic acid groups (broad SMARTS) is 1. The molecule has 0 aromatic carbocycles. The lowest BCUT2D eigenvalue weighted by Gasteiger charge is -2.37. The molecule has 1 saturated carbocycles. The maximum atomic E-state index is 11.8.